The summed E-state index contributed by atoms with van der Waals surface area (Å²) >= 11 is 5.93. The lowest BCUT2D eigenvalue weighted by molar-refractivity contribution is -0.139. The number of nitrogens with one attached hydrogen (secondary N) is 1. The van der Waals surface area contributed by atoms with Crippen molar-refractivity contribution in [1.82, 2.24) is 10.3 Å². The van der Waals surface area contributed by atoms with Crippen molar-refractivity contribution < 1.29 is 17.9 Å². The average Bonchev–Trinajstić information content (AvgIpc) is 2.26. The van der Waals surface area contributed by atoms with Gasteiger partial charge in [-0.15, -0.1) is 0 Å². The predicted octanol–water partition coefficient (Wildman–Crippen LogP) is 3.95. The lowest BCUT2D eigenvalue weighted by Gasteiger charge is -2.20. The van der Waals surface area contributed by atoms with E-state index in [4.69, 9.17) is 16.3 Å². The van der Waals surface area contributed by atoms with Crippen molar-refractivity contribution in [3.63, 3.8) is 0 Å². The third-order valence-electron chi connectivity index (χ3n) is 2.31. The van der Waals surface area contributed by atoms with E-state index in [1.165, 1.54) is 6.20 Å². The van der Waals surface area contributed by atoms with Crippen LogP contribution >= 0.6 is 11.6 Å². The standard InChI is InChI=1S/C13H18ClF3N2O/c1-12(2,3)19-8-9-6-10(14)11(18-7-9)20-5-4-13(15,16)17/h6-7,19H,4-5,8H2,1-3H3. The minimum Gasteiger partial charge on any atom is -0.476 e. The number of hydrogen-bond donors (Lipinski definition) is 1. The zero-order chi connectivity index (χ0) is 15.4. The summed E-state index contributed by atoms with van der Waals surface area (Å²) < 4.78 is 40.9. The minimum absolute atomic E-state index is 0.0235. The second-order valence-electron chi connectivity index (χ2n) is 5.45. The molecule has 1 heterocycles. The zero-order valence-corrected chi connectivity index (χ0v) is 12.4. The van der Waals surface area contributed by atoms with Gasteiger partial charge in [-0.3, -0.25) is 0 Å². The van der Waals surface area contributed by atoms with Crippen LogP contribution < -0.4 is 10.1 Å². The van der Waals surface area contributed by atoms with Crippen LogP contribution in [0.25, 0.3) is 0 Å². The Hall–Kier alpha value is -1.01. The van der Waals surface area contributed by atoms with E-state index < -0.39 is 19.2 Å². The highest BCUT2D eigenvalue weighted by Crippen LogP contribution is 2.24. The zero-order valence-electron chi connectivity index (χ0n) is 11.6. The van der Waals surface area contributed by atoms with Crippen LogP contribution in [0, 0.1) is 0 Å². The second-order valence-corrected chi connectivity index (χ2v) is 5.85. The average molecular weight is 311 g/mol. The van der Waals surface area contributed by atoms with Crippen LogP contribution in [0.3, 0.4) is 0 Å². The molecule has 1 aromatic heterocycles. The molecule has 0 unspecified atom stereocenters. The first kappa shape index (κ1) is 17.0. The highest BCUT2D eigenvalue weighted by molar-refractivity contribution is 6.31. The molecule has 114 valence electrons. The maximum Gasteiger partial charge on any atom is 0.392 e. The van der Waals surface area contributed by atoms with Gasteiger partial charge in [0.25, 0.3) is 0 Å². The molecule has 1 N–H and O–H groups in total. The second kappa shape index (κ2) is 6.63. The number of halogens is 4. The van der Waals surface area contributed by atoms with Gasteiger partial charge in [0.15, 0.2) is 0 Å². The third-order valence-corrected chi connectivity index (χ3v) is 2.58. The van der Waals surface area contributed by atoms with E-state index in [0.29, 0.717) is 6.54 Å². The monoisotopic (exact) mass is 310 g/mol. The van der Waals surface area contributed by atoms with Crippen LogP contribution in [0.15, 0.2) is 12.3 Å². The van der Waals surface area contributed by atoms with Gasteiger partial charge in [-0.05, 0) is 32.4 Å². The van der Waals surface area contributed by atoms with Crippen molar-refractivity contribution in [1.29, 1.82) is 0 Å². The first-order chi connectivity index (χ1) is 9.07. The fraction of sp³-hybridized carbons (Fsp3) is 0.615. The molecule has 0 aliphatic rings. The number of nitrogens with zero attached hydrogens (tertiary/aromatic N) is 1. The highest BCUT2D eigenvalue weighted by Gasteiger charge is 2.27. The SMILES string of the molecule is CC(C)(C)NCc1cnc(OCCC(F)(F)F)c(Cl)c1. The van der Waals surface area contributed by atoms with Crippen molar-refractivity contribution >= 4 is 11.6 Å². The molecule has 0 saturated heterocycles. The molecule has 7 heteroatoms. The fourth-order valence-electron chi connectivity index (χ4n) is 1.30. The van der Waals surface area contributed by atoms with E-state index in [1.807, 2.05) is 20.8 Å². The smallest absolute Gasteiger partial charge is 0.392 e. The van der Waals surface area contributed by atoms with E-state index in [9.17, 15) is 13.2 Å². The first-order valence-electron chi connectivity index (χ1n) is 6.16. The first-order valence-corrected chi connectivity index (χ1v) is 6.54. The summed E-state index contributed by atoms with van der Waals surface area (Å²) in [7, 11) is 0. The Bertz CT molecular complexity index is 444. The molecule has 0 bridgehead atoms. The summed E-state index contributed by atoms with van der Waals surface area (Å²) in [4.78, 5) is 3.94. The Morgan fingerprint density at radius 3 is 2.45 bits per heavy atom. The molecule has 1 aromatic rings. The Morgan fingerprint density at radius 1 is 1.30 bits per heavy atom. The van der Waals surface area contributed by atoms with Gasteiger partial charge >= 0.3 is 6.18 Å². The highest BCUT2D eigenvalue weighted by atomic mass is 35.5. The summed E-state index contributed by atoms with van der Waals surface area (Å²) in [6.07, 6.45) is -3.74. The Morgan fingerprint density at radius 2 is 1.95 bits per heavy atom. The number of alkyl halides is 3. The van der Waals surface area contributed by atoms with Gasteiger partial charge in [-0.1, -0.05) is 11.6 Å². The molecule has 20 heavy (non-hydrogen) atoms. The van der Waals surface area contributed by atoms with Crippen LogP contribution in [0.1, 0.15) is 32.8 Å². The normalized spacial score (nSPS) is 12.6. The van der Waals surface area contributed by atoms with Crippen molar-refractivity contribution in [2.75, 3.05) is 6.61 Å². The van der Waals surface area contributed by atoms with E-state index >= 15 is 0 Å². The van der Waals surface area contributed by atoms with Crippen LogP contribution in [-0.4, -0.2) is 23.3 Å². The van der Waals surface area contributed by atoms with Gasteiger partial charge in [-0.25, -0.2) is 4.98 Å². The van der Waals surface area contributed by atoms with E-state index in [0.717, 1.165) is 5.56 Å². The summed E-state index contributed by atoms with van der Waals surface area (Å²) in [6.45, 7) is 6.15. The van der Waals surface area contributed by atoms with E-state index in [2.05, 4.69) is 10.3 Å². The molecule has 0 aliphatic heterocycles. The molecular weight excluding hydrogens is 293 g/mol. The molecule has 0 spiro atoms. The largest absolute Gasteiger partial charge is 0.476 e. The topological polar surface area (TPSA) is 34.2 Å². The maximum absolute atomic E-state index is 12.0. The van der Waals surface area contributed by atoms with Crippen molar-refractivity contribution in [2.24, 2.45) is 0 Å². The van der Waals surface area contributed by atoms with Gasteiger partial charge < -0.3 is 10.1 Å². The summed E-state index contributed by atoms with van der Waals surface area (Å²) in [5.41, 5.74) is 0.794. The Labute approximate surface area is 121 Å². The number of aromatic nitrogens is 1. The summed E-state index contributed by atoms with van der Waals surface area (Å²) in [6, 6.07) is 1.64. The summed E-state index contributed by atoms with van der Waals surface area (Å²) in [5, 5.41) is 3.47. The molecule has 0 saturated carbocycles. The molecular formula is C13H18ClF3N2O. The molecule has 0 radical (unpaired) electrons. The molecule has 0 fully saturated rings. The van der Waals surface area contributed by atoms with Crippen molar-refractivity contribution in [2.45, 2.75) is 45.5 Å². The molecule has 3 nitrogen and oxygen atoms in total. The molecule has 1 rings (SSSR count). The number of hydrogen-bond acceptors (Lipinski definition) is 3. The fourth-order valence-corrected chi connectivity index (χ4v) is 1.54. The Balaban J connectivity index is 2.55. The molecule has 0 amide bonds. The van der Waals surface area contributed by atoms with Gasteiger partial charge in [0.05, 0.1) is 13.0 Å². The quantitative estimate of drug-likeness (QED) is 0.894. The number of rotatable bonds is 5. The third kappa shape index (κ3) is 6.96. The van der Waals surface area contributed by atoms with Gasteiger partial charge in [0.1, 0.15) is 5.02 Å². The van der Waals surface area contributed by atoms with E-state index in [-0.39, 0.29) is 16.4 Å². The van der Waals surface area contributed by atoms with E-state index in [1.54, 1.807) is 6.07 Å². The van der Waals surface area contributed by atoms with Crippen LogP contribution in [0.5, 0.6) is 5.88 Å². The van der Waals surface area contributed by atoms with Crippen molar-refractivity contribution in [3.05, 3.63) is 22.8 Å². The minimum atomic E-state index is -4.25. The lowest BCUT2D eigenvalue weighted by atomic mass is 10.1. The number of pyridine rings is 1. The van der Waals surface area contributed by atoms with Gasteiger partial charge in [0.2, 0.25) is 5.88 Å². The van der Waals surface area contributed by atoms with Gasteiger partial charge in [0, 0.05) is 18.3 Å². The van der Waals surface area contributed by atoms with Crippen LogP contribution in [0.2, 0.25) is 5.02 Å². The Kier molecular flexibility index (Phi) is 5.65. The molecule has 0 atom stereocenters. The summed E-state index contributed by atoms with van der Waals surface area (Å²) in [5.74, 6) is 0.0235. The molecule has 0 aliphatic carbocycles. The molecule has 0 aromatic carbocycles. The number of ether oxygens (including phenoxy) is 1. The lowest BCUT2D eigenvalue weighted by Crippen LogP contribution is -2.35. The maximum atomic E-state index is 12.0. The van der Waals surface area contributed by atoms with Gasteiger partial charge in [-0.2, -0.15) is 13.2 Å². The van der Waals surface area contributed by atoms with Crippen LogP contribution in [0.4, 0.5) is 13.2 Å². The predicted molar refractivity (Wildman–Crippen MR) is 72.0 cm³/mol. The van der Waals surface area contributed by atoms with Crippen LogP contribution in [-0.2, 0) is 6.54 Å². The van der Waals surface area contributed by atoms with Crippen molar-refractivity contribution in [3.8, 4) is 5.88 Å².